The van der Waals surface area contributed by atoms with Gasteiger partial charge in [0, 0.05) is 32.6 Å². The van der Waals surface area contributed by atoms with Gasteiger partial charge in [-0.3, -0.25) is 4.79 Å². The summed E-state index contributed by atoms with van der Waals surface area (Å²) in [5.74, 6) is -0.218. The number of rotatable bonds is 6. The van der Waals surface area contributed by atoms with Gasteiger partial charge < -0.3 is 15.4 Å². The molecule has 2 N–H and O–H groups in total. The van der Waals surface area contributed by atoms with Crippen LogP contribution in [-0.2, 0) is 4.74 Å². The van der Waals surface area contributed by atoms with Crippen LogP contribution in [0, 0.1) is 11.3 Å². The fraction of sp³-hybridized carbons (Fsp3) is 0.385. The Kier molecular flexibility index (Phi) is 5.03. The normalized spacial score (nSPS) is 10.5. The van der Waals surface area contributed by atoms with Gasteiger partial charge in [-0.05, 0) is 0 Å². The highest BCUT2D eigenvalue weighted by Crippen LogP contribution is 2.31. The lowest BCUT2D eigenvalue weighted by molar-refractivity contribution is 0.0705. The van der Waals surface area contributed by atoms with Crippen LogP contribution in [0.2, 0.25) is 0 Å². The molecule has 110 valence electrons. The fourth-order valence-electron chi connectivity index (χ4n) is 1.85. The van der Waals surface area contributed by atoms with Crippen molar-refractivity contribution in [3.8, 4) is 6.07 Å². The number of aromatic nitrogens is 2. The highest BCUT2D eigenvalue weighted by Gasteiger charge is 2.22. The molecule has 2 heterocycles. The first-order valence-electron chi connectivity index (χ1n) is 6.33. The summed E-state index contributed by atoms with van der Waals surface area (Å²) in [5, 5.41) is 8.70. The van der Waals surface area contributed by atoms with Crippen LogP contribution >= 0.6 is 11.3 Å². The number of fused-ring (bicyclic) bond motifs is 1. The van der Waals surface area contributed by atoms with Gasteiger partial charge in [-0.1, -0.05) is 0 Å². The fourth-order valence-corrected chi connectivity index (χ4v) is 2.84. The molecule has 0 saturated heterocycles. The number of nitrogen functional groups attached to an aromatic ring is 1. The van der Waals surface area contributed by atoms with Crippen molar-refractivity contribution in [3.05, 3.63) is 17.3 Å². The molecule has 0 aromatic carbocycles. The van der Waals surface area contributed by atoms with E-state index >= 15 is 0 Å². The summed E-state index contributed by atoms with van der Waals surface area (Å²) in [5.41, 5.74) is 6.88. The van der Waals surface area contributed by atoms with E-state index in [4.69, 9.17) is 15.7 Å². The van der Waals surface area contributed by atoms with Crippen LogP contribution in [0.15, 0.2) is 12.4 Å². The van der Waals surface area contributed by atoms with Crippen molar-refractivity contribution >= 4 is 33.3 Å². The van der Waals surface area contributed by atoms with E-state index in [0.717, 1.165) is 0 Å². The van der Waals surface area contributed by atoms with Gasteiger partial charge in [0.2, 0.25) is 0 Å². The number of hydrogen-bond donors (Lipinski definition) is 1. The predicted molar refractivity (Wildman–Crippen MR) is 79.8 cm³/mol. The van der Waals surface area contributed by atoms with Gasteiger partial charge in [-0.15, -0.1) is 11.3 Å². The van der Waals surface area contributed by atoms with Crippen LogP contribution in [0.25, 0.3) is 10.3 Å². The van der Waals surface area contributed by atoms with Crippen molar-refractivity contribution in [2.75, 3.05) is 32.5 Å². The molecular formula is C13H15N5O2S. The Hall–Kier alpha value is -2.24. The van der Waals surface area contributed by atoms with Crippen LogP contribution < -0.4 is 5.73 Å². The average molecular weight is 305 g/mol. The summed E-state index contributed by atoms with van der Waals surface area (Å²) in [4.78, 5) is 23.5. The third-order valence-electron chi connectivity index (χ3n) is 2.90. The molecule has 0 aliphatic carbocycles. The summed E-state index contributed by atoms with van der Waals surface area (Å²) in [6.45, 7) is 1.15. The van der Waals surface area contributed by atoms with E-state index in [0.29, 0.717) is 40.6 Å². The Morgan fingerprint density at radius 2 is 2.24 bits per heavy atom. The van der Waals surface area contributed by atoms with Crippen molar-refractivity contribution in [2.24, 2.45) is 0 Å². The molecule has 0 fully saturated rings. The lowest BCUT2D eigenvalue weighted by Gasteiger charge is -2.20. The minimum Gasteiger partial charge on any atom is -0.396 e. The lowest BCUT2D eigenvalue weighted by Crippen LogP contribution is -2.34. The molecular weight excluding hydrogens is 290 g/mol. The number of nitrogens with two attached hydrogens (primary N) is 1. The highest BCUT2D eigenvalue weighted by molar-refractivity contribution is 7.21. The molecule has 7 nitrogen and oxygen atoms in total. The topological polar surface area (TPSA) is 105 Å². The standard InChI is InChI=1S/C13H15N5O2S/c1-20-8-7-18(6-2-3-14)13(19)11-9(15)10-12(21-11)17-5-4-16-10/h4-5H,2,6-8,15H2,1H3. The molecule has 8 heteroatoms. The Morgan fingerprint density at radius 3 is 2.90 bits per heavy atom. The van der Waals surface area contributed by atoms with Crippen molar-refractivity contribution in [1.29, 1.82) is 5.26 Å². The van der Waals surface area contributed by atoms with Gasteiger partial charge in [0.15, 0.2) is 0 Å². The molecule has 0 radical (unpaired) electrons. The third kappa shape index (κ3) is 3.26. The van der Waals surface area contributed by atoms with Crippen molar-refractivity contribution in [2.45, 2.75) is 6.42 Å². The van der Waals surface area contributed by atoms with Crippen LogP contribution in [0.3, 0.4) is 0 Å². The minimum atomic E-state index is -0.218. The molecule has 0 bridgehead atoms. The monoisotopic (exact) mass is 305 g/mol. The summed E-state index contributed by atoms with van der Waals surface area (Å²) in [6, 6.07) is 2.03. The van der Waals surface area contributed by atoms with E-state index in [2.05, 4.69) is 9.97 Å². The second-order valence-electron chi connectivity index (χ2n) is 4.25. The zero-order chi connectivity index (χ0) is 15.2. The van der Waals surface area contributed by atoms with Crippen LogP contribution in [0.5, 0.6) is 0 Å². The number of nitrogens with zero attached hydrogens (tertiary/aromatic N) is 4. The van der Waals surface area contributed by atoms with Gasteiger partial charge in [0.05, 0.1) is 24.8 Å². The molecule has 0 atom stereocenters. The van der Waals surface area contributed by atoms with Gasteiger partial charge in [0.25, 0.3) is 5.91 Å². The minimum absolute atomic E-state index is 0.218. The van der Waals surface area contributed by atoms with Gasteiger partial charge in [0.1, 0.15) is 15.2 Å². The number of amides is 1. The number of hydrogen-bond acceptors (Lipinski definition) is 7. The van der Waals surface area contributed by atoms with Crippen molar-refractivity contribution in [1.82, 2.24) is 14.9 Å². The maximum atomic E-state index is 12.6. The van der Waals surface area contributed by atoms with Crippen molar-refractivity contribution < 1.29 is 9.53 Å². The van der Waals surface area contributed by atoms with Crippen LogP contribution in [-0.4, -0.2) is 47.6 Å². The molecule has 1 amide bonds. The molecule has 0 aliphatic rings. The maximum absolute atomic E-state index is 12.6. The number of carbonyl (C=O) groups is 1. The second kappa shape index (κ2) is 6.97. The first-order chi connectivity index (χ1) is 10.2. The van der Waals surface area contributed by atoms with E-state index in [1.54, 1.807) is 18.2 Å². The zero-order valence-electron chi connectivity index (χ0n) is 11.6. The van der Waals surface area contributed by atoms with E-state index < -0.39 is 0 Å². The zero-order valence-corrected chi connectivity index (χ0v) is 12.4. The number of carbonyl (C=O) groups excluding carboxylic acids is 1. The molecule has 2 rings (SSSR count). The largest absolute Gasteiger partial charge is 0.396 e. The van der Waals surface area contributed by atoms with E-state index in [1.807, 2.05) is 6.07 Å². The molecule has 0 saturated carbocycles. The summed E-state index contributed by atoms with van der Waals surface area (Å²) in [7, 11) is 1.56. The average Bonchev–Trinajstić information content (AvgIpc) is 2.84. The van der Waals surface area contributed by atoms with Crippen LogP contribution in [0.1, 0.15) is 16.1 Å². The predicted octanol–water partition coefficient (Wildman–Crippen LogP) is 1.28. The molecule has 2 aromatic heterocycles. The van der Waals surface area contributed by atoms with Crippen molar-refractivity contribution in [3.63, 3.8) is 0 Å². The van der Waals surface area contributed by atoms with Gasteiger partial charge in [-0.25, -0.2) is 9.97 Å². The third-order valence-corrected chi connectivity index (χ3v) is 3.99. The smallest absolute Gasteiger partial charge is 0.266 e. The van der Waals surface area contributed by atoms with E-state index in [1.165, 1.54) is 17.5 Å². The molecule has 0 unspecified atom stereocenters. The summed E-state index contributed by atoms with van der Waals surface area (Å²) >= 11 is 1.21. The Bertz CT molecular complexity index is 679. The van der Waals surface area contributed by atoms with Crippen LogP contribution in [0.4, 0.5) is 5.69 Å². The highest BCUT2D eigenvalue weighted by atomic mass is 32.1. The number of methoxy groups -OCH3 is 1. The lowest BCUT2D eigenvalue weighted by atomic mass is 10.3. The number of thiophene rings is 1. The Labute approximate surface area is 126 Å². The quantitative estimate of drug-likeness (QED) is 0.861. The maximum Gasteiger partial charge on any atom is 0.266 e. The number of nitriles is 1. The first-order valence-corrected chi connectivity index (χ1v) is 7.14. The van der Waals surface area contributed by atoms with E-state index in [9.17, 15) is 4.79 Å². The number of anilines is 1. The number of ether oxygens (including phenoxy) is 1. The SMILES string of the molecule is COCCN(CCC#N)C(=O)c1sc2nccnc2c1N. The van der Waals surface area contributed by atoms with Gasteiger partial charge in [-0.2, -0.15) is 5.26 Å². The molecule has 21 heavy (non-hydrogen) atoms. The summed E-state index contributed by atoms with van der Waals surface area (Å²) < 4.78 is 5.00. The van der Waals surface area contributed by atoms with E-state index in [-0.39, 0.29) is 12.3 Å². The molecule has 0 spiro atoms. The molecule has 0 aliphatic heterocycles. The summed E-state index contributed by atoms with van der Waals surface area (Å²) in [6.07, 6.45) is 3.36. The first kappa shape index (κ1) is 15.2. The Morgan fingerprint density at radius 1 is 1.48 bits per heavy atom. The second-order valence-corrected chi connectivity index (χ2v) is 5.25. The Balaban J connectivity index is 2.29. The molecule has 2 aromatic rings. The van der Waals surface area contributed by atoms with Gasteiger partial charge >= 0.3 is 0 Å².